The molecule has 2 nitrogen and oxygen atoms in total. The topological polar surface area (TPSA) is 25.8 Å². The second kappa shape index (κ2) is 8.94. The van der Waals surface area contributed by atoms with Crippen LogP contribution < -0.4 is 0 Å². The molecule has 110 valence electrons. The second-order valence-electron chi connectivity index (χ2n) is 4.06. The first kappa shape index (κ1) is 16.2. The fourth-order valence-corrected chi connectivity index (χ4v) is 1.90. The van der Waals surface area contributed by atoms with E-state index in [0.29, 0.717) is 0 Å². The zero-order chi connectivity index (χ0) is 14.9. The van der Waals surface area contributed by atoms with Crippen LogP contribution in [-0.4, -0.2) is 9.97 Å². The van der Waals surface area contributed by atoms with Crippen molar-refractivity contribution in [3.8, 4) is 22.5 Å². The third-order valence-electron chi connectivity index (χ3n) is 2.78. The maximum Gasteiger partial charge on any atom is 0.0702 e. The Hall–Kier alpha value is -1.21. The second-order valence-corrected chi connectivity index (χ2v) is 7.34. The molecule has 0 saturated heterocycles. The van der Waals surface area contributed by atoms with Crippen LogP contribution in [0.1, 0.15) is 0 Å². The fourth-order valence-electron chi connectivity index (χ4n) is 1.90. The SMILES string of the molecule is [Cl][Pt][Cl].c1ccc(-c2cccc(-c3ccccn3)c2)nc1. The van der Waals surface area contributed by atoms with Crippen LogP contribution in [0, 0.1) is 0 Å². The van der Waals surface area contributed by atoms with Crippen molar-refractivity contribution in [2.45, 2.75) is 0 Å². The molecule has 2 aromatic heterocycles. The molecule has 0 spiro atoms. The summed E-state index contributed by atoms with van der Waals surface area (Å²) in [6.07, 6.45) is 3.62. The normalized spacial score (nSPS) is 9.81. The number of pyridine rings is 2. The van der Waals surface area contributed by atoms with Gasteiger partial charge in [-0.25, -0.2) is 0 Å². The van der Waals surface area contributed by atoms with Gasteiger partial charge < -0.3 is 0 Å². The molecule has 0 saturated carbocycles. The van der Waals surface area contributed by atoms with E-state index < -0.39 is 16.5 Å². The van der Waals surface area contributed by atoms with Gasteiger partial charge in [0.1, 0.15) is 0 Å². The predicted molar refractivity (Wildman–Crippen MR) is 84.6 cm³/mol. The summed E-state index contributed by atoms with van der Waals surface area (Å²) in [5.74, 6) is 0. The van der Waals surface area contributed by atoms with Gasteiger partial charge in [-0.3, -0.25) is 9.97 Å². The molecule has 21 heavy (non-hydrogen) atoms. The minimum absolute atomic E-state index is 0.472. The van der Waals surface area contributed by atoms with E-state index in [0.717, 1.165) is 22.5 Å². The number of hydrogen-bond acceptors (Lipinski definition) is 2. The quantitative estimate of drug-likeness (QED) is 0.487. The van der Waals surface area contributed by atoms with Crippen molar-refractivity contribution in [2.75, 3.05) is 0 Å². The summed E-state index contributed by atoms with van der Waals surface area (Å²) in [5, 5.41) is 0. The molecule has 3 rings (SSSR count). The Morgan fingerprint density at radius 3 is 1.52 bits per heavy atom. The number of nitrogens with zero attached hydrogens (tertiary/aromatic N) is 2. The Morgan fingerprint density at radius 1 is 0.667 bits per heavy atom. The molecule has 0 fully saturated rings. The summed E-state index contributed by atoms with van der Waals surface area (Å²) in [6, 6.07) is 20.1. The average Bonchev–Trinajstić information content (AvgIpc) is 2.57. The standard InChI is InChI=1S/C16H12N2.2ClH.Pt/c1-3-10-17-15(8-1)13-6-5-7-14(12-13)16-9-2-4-11-18-16;;;/h1-12H;2*1H;/q;;;+2/p-2. The first-order valence-corrected chi connectivity index (χ1v) is 11.7. The Labute approximate surface area is 140 Å². The van der Waals surface area contributed by atoms with Gasteiger partial charge >= 0.3 is 35.3 Å². The van der Waals surface area contributed by atoms with Gasteiger partial charge in [0.05, 0.1) is 11.4 Å². The summed E-state index contributed by atoms with van der Waals surface area (Å²) >= 11 is -0.472. The Bertz CT molecular complexity index is 609. The monoisotopic (exact) mass is 497 g/mol. The van der Waals surface area contributed by atoms with Gasteiger partial charge in [0.25, 0.3) is 0 Å². The molecule has 0 aliphatic heterocycles. The first-order chi connectivity index (χ1) is 10.3. The smallest absolute Gasteiger partial charge is 0.0702 e. The molecule has 0 atom stereocenters. The molecule has 2 heterocycles. The molecule has 0 N–H and O–H groups in total. The maximum atomic E-state index is 4.88. The van der Waals surface area contributed by atoms with Gasteiger partial charge in [-0.05, 0) is 30.3 Å². The molecular weight excluding hydrogens is 486 g/mol. The van der Waals surface area contributed by atoms with Crippen molar-refractivity contribution in [1.82, 2.24) is 9.97 Å². The van der Waals surface area contributed by atoms with Gasteiger partial charge in [0.2, 0.25) is 0 Å². The van der Waals surface area contributed by atoms with Crippen LogP contribution in [0.3, 0.4) is 0 Å². The zero-order valence-corrected chi connectivity index (χ0v) is 14.7. The van der Waals surface area contributed by atoms with E-state index in [2.05, 4.69) is 28.2 Å². The van der Waals surface area contributed by atoms with Crippen LogP contribution in [0.25, 0.3) is 22.5 Å². The Morgan fingerprint density at radius 2 is 1.14 bits per heavy atom. The number of hydrogen-bond donors (Lipinski definition) is 0. The minimum Gasteiger partial charge on any atom is -0.256 e. The predicted octanol–water partition coefficient (Wildman–Crippen LogP) is 5.19. The fraction of sp³-hybridized carbons (Fsp3) is 0. The van der Waals surface area contributed by atoms with Crippen molar-refractivity contribution < 1.29 is 16.5 Å². The molecule has 0 bridgehead atoms. The summed E-state index contributed by atoms with van der Waals surface area (Å²) in [5.41, 5.74) is 4.18. The molecule has 3 aromatic rings. The third kappa shape index (κ3) is 4.93. The van der Waals surface area contributed by atoms with Crippen LogP contribution in [0.2, 0.25) is 0 Å². The van der Waals surface area contributed by atoms with Crippen LogP contribution in [0.4, 0.5) is 0 Å². The summed E-state index contributed by atoms with van der Waals surface area (Å²) in [7, 11) is 9.75. The van der Waals surface area contributed by atoms with Crippen LogP contribution in [0.5, 0.6) is 0 Å². The Balaban J connectivity index is 0.000000497. The van der Waals surface area contributed by atoms with Gasteiger partial charge in [-0.15, -0.1) is 0 Å². The number of halogens is 2. The first-order valence-electron chi connectivity index (χ1n) is 6.10. The van der Waals surface area contributed by atoms with Crippen LogP contribution >= 0.6 is 18.8 Å². The van der Waals surface area contributed by atoms with Crippen LogP contribution in [-0.2, 0) is 16.5 Å². The third-order valence-corrected chi connectivity index (χ3v) is 2.78. The summed E-state index contributed by atoms with van der Waals surface area (Å²) in [4.78, 5) is 8.73. The Kier molecular flexibility index (Phi) is 6.88. The molecule has 0 aliphatic carbocycles. The summed E-state index contributed by atoms with van der Waals surface area (Å²) in [6.45, 7) is 0. The molecular formula is C16H12Cl2N2Pt. The van der Waals surface area contributed by atoms with Crippen molar-refractivity contribution in [3.63, 3.8) is 0 Å². The molecule has 5 heteroatoms. The number of benzene rings is 1. The molecule has 0 radical (unpaired) electrons. The summed E-state index contributed by atoms with van der Waals surface area (Å²) < 4.78 is 0. The van der Waals surface area contributed by atoms with Crippen molar-refractivity contribution in [1.29, 1.82) is 0 Å². The maximum absolute atomic E-state index is 4.88. The van der Waals surface area contributed by atoms with E-state index in [-0.39, 0.29) is 0 Å². The van der Waals surface area contributed by atoms with Gasteiger partial charge in [0.15, 0.2) is 0 Å². The molecule has 1 aromatic carbocycles. The van der Waals surface area contributed by atoms with Gasteiger partial charge in [-0.1, -0.05) is 30.3 Å². The molecule has 0 unspecified atom stereocenters. The van der Waals surface area contributed by atoms with Crippen molar-refractivity contribution in [3.05, 3.63) is 73.1 Å². The van der Waals surface area contributed by atoms with Gasteiger partial charge in [0, 0.05) is 23.5 Å². The largest absolute Gasteiger partial charge is 0.256 e. The zero-order valence-electron chi connectivity index (χ0n) is 10.9. The van der Waals surface area contributed by atoms with Crippen molar-refractivity contribution >= 4 is 18.8 Å². The van der Waals surface area contributed by atoms with E-state index in [9.17, 15) is 0 Å². The van der Waals surface area contributed by atoms with E-state index in [1.54, 1.807) is 0 Å². The minimum atomic E-state index is -0.472. The molecule has 0 aliphatic rings. The molecule has 0 amide bonds. The van der Waals surface area contributed by atoms with E-state index >= 15 is 0 Å². The number of aromatic nitrogens is 2. The van der Waals surface area contributed by atoms with Crippen molar-refractivity contribution in [2.24, 2.45) is 0 Å². The van der Waals surface area contributed by atoms with Crippen LogP contribution in [0.15, 0.2) is 73.1 Å². The van der Waals surface area contributed by atoms with E-state index in [4.69, 9.17) is 18.8 Å². The number of rotatable bonds is 2. The van der Waals surface area contributed by atoms with Gasteiger partial charge in [-0.2, -0.15) is 0 Å². The van der Waals surface area contributed by atoms with E-state index in [1.807, 2.05) is 54.9 Å². The van der Waals surface area contributed by atoms with E-state index in [1.165, 1.54) is 0 Å². The average molecular weight is 498 g/mol.